The number of carboxylic acids is 2. The Kier molecular flexibility index (Phi) is 3.04. The van der Waals surface area contributed by atoms with Gasteiger partial charge in [0.25, 0.3) is 0 Å². The summed E-state index contributed by atoms with van der Waals surface area (Å²) in [6.07, 6.45) is 0.813. The summed E-state index contributed by atoms with van der Waals surface area (Å²) in [4.78, 5) is 23.6. The third-order valence-electron chi connectivity index (χ3n) is 2.73. The number of rotatable bonds is 2. The largest absolute Gasteiger partial charge is 0.480 e. The lowest BCUT2D eigenvalue weighted by molar-refractivity contribution is -0.150. The number of likely N-dealkylation sites (tertiary alicyclic amines) is 1. The normalized spacial score (nSPS) is 27.9. The molecule has 15 heavy (non-hydrogen) atoms. The smallest absolute Gasteiger partial charge is 0.320 e. The Morgan fingerprint density at radius 2 is 1.40 bits per heavy atom. The summed E-state index contributed by atoms with van der Waals surface area (Å²) in [5, 5.41) is 18.0. The Morgan fingerprint density at radius 3 is 1.60 bits per heavy atom. The molecular weight excluding hydrogens is 198 g/mol. The molecule has 5 nitrogen and oxygen atoms in total. The number of hydrogen-bond donors (Lipinski definition) is 2. The van der Waals surface area contributed by atoms with E-state index < -0.39 is 29.6 Å². The van der Waals surface area contributed by atoms with Gasteiger partial charge in [-0.1, -0.05) is 0 Å². The van der Waals surface area contributed by atoms with E-state index in [0.717, 1.165) is 0 Å². The monoisotopic (exact) mass is 215 g/mol. The van der Waals surface area contributed by atoms with Crippen LogP contribution in [0.5, 0.6) is 0 Å². The quantitative estimate of drug-likeness (QED) is 0.712. The second-order valence-electron chi connectivity index (χ2n) is 4.86. The van der Waals surface area contributed by atoms with Crippen LogP contribution in [0.3, 0.4) is 0 Å². The van der Waals surface area contributed by atoms with Crippen molar-refractivity contribution in [2.24, 2.45) is 0 Å². The van der Waals surface area contributed by atoms with E-state index in [1.807, 2.05) is 20.8 Å². The topological polar surface area (TPSA) is 77.8 Å². The van der Waals surface area contributed by atoms with Crippen LogP contribution in [0.2, 0.25) is 0 Å². The van der Waals surface area contributed by atoms with Gasteiger partial charge in [0.05, 0.1) is 0 Å². The molecule has 2 N–H and O–H groups in total. The Bertz CT molecular complexity index is 260. The fourth-order valence-corrected chi connectivity index (χ4v) is 2.23. The van der Waals surface area contributed by atoms with Crippen molar-refractivity contribution in [1.82, 2.24) is 4.90 Å². The van der Waals surface area contributed by atoms with E-state index in [9.17, 15) is 9.59 Å². The number of hydrogen-bond acceptors (Lipinski definition) is 3. The van der Waals surface area contributed by atoms with Crippen molar-refractivity contribution < 1.29 is 19.8 Å². The lowest BCUT2D eigenvalue weighted by atomic mass is 10.0. The minimum Gasteiger partial charge on any atom is -0.480 e. The molecule has 0 aromatic carbocycles. The molecule has 0 aromatic heterocycles. The highest BCUT2D eigenvalue weighted by Crippen LogP contribution is 2.31. The third-order valence-corrected chi connectivity index (χ3v) is 2.73. The summed E-state index contributed by atoms with van der Waals surface area (Å²) in [6, 6.07) is -1.35. The molecule has 86 valence electrons. The van der Waals surface area contributed by atoms with Gasteiger partial charge in [-0.2, -0.15) is 0 Å². The van der Waals surface area contributed by atoms with E-state index >= 15 is 0 Å². The predicted octanol–water partition coefficient (Wildman–Crippen LogP) is 0.787. The molecule has 5 heteroatoms. The maximum Gasteiger partial charge on any atom is 0.320 e. The molecule has 0 amide bonds. The van der Waals surface area contributed by atoms with Gasteiger partial charge in [-0.15, -0.1) is 0 Å². The zero-order valence-corrected chi connectivity index (χ0v) is 9.23. The van der Waals surface area contributed by atoms with Gasteiger partial charge in [0.15, 0.2) is 0 Å². The minimum atomic E-state index is -0.936. The maximum absolute atomic E-state index is 11.0. The molecule has 0 radical (unpaired) electrons. The van der Waals surface area contributed by atoms with E-state index in [4.69, 9.17) is 10.2 Å². The molecule has 1 aliphatic rings. The number of aliphatic carboxylic acids is 2. The predicted molar refractivity (Wildman–Crippen MR) is 53.7 cm³/mol. The summed E-state index contributed by atoms with van der Waals surface area (Å²) >= 11 is 0. The Morgan fingerprint density at radius 1 is 1.07 bits per heavy atom. The Labute approximate surface area is 88.7 Å². The summed E-state index contributed by atoms with van der Waals surface area (Å²) in [5.74, 6) is -1.87. The van der Waals surface area contributed by atoms with Crippen LogP contribution in [0.15, 0.2) is 0 Å². The van der Waals surface area contributed by atoms with E-state index in [1.54, 1.807) is 4.90 Å². The summed E-state index contributed by atoms with van der Waals surface area (Å²) in [5.41, 5.74) is -0.442. The molecule has 0 spiro atoms. The van der Waals surface area contributed by atoms with E-state index in [1.165, 1.54) is 0 Å². The van der Waals surface area contributed by atoms with Gasteiger partial charge in [-0.25, -0.2) is 0 Å². The van der Waals surface area contributed by atoms with E-state index in [2.05, 4.69) is 0 Å². The molecule has 1 saturated heterocycles. The van der Waals surface area contributed by atoms with Gasteiger partial charge in [-0.3, -0.25) is 14.5 Å². The Hall–Kier alpha value is -1.10. The molecule has 1 heterocycles. The van der Waals surface area contributed by atoms with Crippen LogP contribution in [0, 0.1) is 0 Å². The number of carbonyl (C=O) groups is 2. The average Bonchev–Trinajstić information content (AvgIpc) is 2.45. The number of nitrogens with zero attached hydrogens (tertiary/aromatic N) is 1. The molecule has 0 saturated carbocycles. The first-order valence-corrected chi connectivity index (χ1v) is 4.99. The maximum atomic E-state index is 11.0. The van der Waals surface area contributed by atoms with Crippen LogP contribution >= 0.6 is 0 Å². The first-order valence-electron chi connectivity index (χ1n) is 4.99. The molecule has 0 aliphatic carbocycles. The van der Waals surface area contributed by atoms with Gasteiger partial charge in [0, 0.05) is 5.54 Å². The van der Waals surface area contributed by atoms with Crippen LogP contribution < -0.4 is 0 Å². The summed E-state index contributed by atoms with van der Waals surface area (Å²) < 4.78 is 0. The second-order valence-corrected chi connectivity index (χ2v) is 4.86. The fourth-order valence-electron chi connectivity index (χ4n) is 2.23. The van der Waals surface area contributed by atoms with E-state index in [0.29, 0.717) is 12.8 Å². The zero-order valence-electron chi connectivity index (χ0n) is 9.23. The first-order chi connectivity index (χ1) is 6.75. The van der Waals surface area contributed by atoms with Gasteiger partial charge in [-0.05, 0) is 33.6 Å². The van der Waals surface area contributed by atoms with Crippen molar-refractivity contribution in [1.29, 1.82) is 0 Å². The summed E-state index contributed by atoms with van der Waals surface area (Å²) in [7, 11) is 0. The molecule has 2 unspecified atom stereocenters. The van der Waals surface area contributed by atoms with Crippen molar-refractivity contribution >= 4 is 11.9 Å². The molecule has 0 bridgehead atoms. The van der Waals surface area contributed by atoms with Crippen LogP contribution in [-0.2, 0) is 9.59 Å². The van der Waals surface area contributed by atoms with E-state index in [-0.39, 0.29) is 0 Å². The Balaban J connectivity index is 2.98. The van der Waals surface area contributed by atoms with Crippen LogP contribution in [0.1, 0.15) is 33.6 Å². The lowest BCUT2D eigenvalue weighted by Crippen LogP contribution is -2.54. The van der Waals surface area contributed by atoms with Crippen molar-refractivity contribution in [3.8, 4) is 0 Å². The van der Waals surface area contributed by atoms with Crippen LogP contribution in [0.25, 0.3) is 0 Å². The first kappa shape index (κ1) is 12.0. The van der Waals surface area contributed by atoms with Crippen molar-refractivity contribution in [3.05, 3.63) is 0 Å². The van der Waals surface area contributed by atoms with Gasteiger partial charge < -0.3 is 10.2 Å². The standard InChI is InChI=1S/C10H17NO4/c1-10(2,3)11-6(8(12)13)4-5-7(11)9(14)15/h6-7H,4-5H2,1-3H3,(H,12,13)(H,14,15). The highest BCUT2D eigenvalue weighted by molar-refractivity contribution is 5.79. The average molecular weight is 215 g/mol. The zero-order chi connectivity index (χ0) is 11.8. The SMILES string of the molecule is CC(C)(C)N1C(C(=O)O)CCC1C(=O)O. The highest BCUT2D eigenvalue weighted by Gasteiger charge is 2.46. The molecule has 1 fully saturated rings. The molecule has 1 rings (SSSR count). The fraction of sp³-hybridized carbons (Fsp3) is 0.800. The van der Waals surface area contributed by atoms with Gasteiger partial charge >= 0.3 is 11.9 Å². The summed E-state index contributed by atoms with van der Waals surface area (Å²) in [6.45, 7) is 5.51. The molecule has 0 aromatic rings. The minimum absolute atomic E-state index is 0.406. The van der Waals surface area contributed by atoms with Crippen LogP contribution in [0.4, 0.5) is 0 Å². The van der Waals surface area contributed by atoms with Crippen molar-refractivity contribution in [2.45, 2.75) is 51.2 Å². The lowest BCUT2D eigenvalue weighted by Gasteiger charge is -2.38. The highest BCUT2D eigenvalue weighted by atomic mass is 16.4. The van der Waals surface area contributed by atoms with Gasteiger partial charge in [0.2, 0.25) is 0 Å². The van der Waals surface area contributed by atoms with Gasteiger partial charge in [0.1, 0.15) is 12.1 Å². The molecule has 1 aliphatic heterocycles. The van der Waals surface area contributed by atoms with Crippen LogP contribution in [-0.4, -0.2) is 44.7 Å². The third kappa shape index (κ3) is 2.28. The van der Waals surface area contributed by atoms with Crippen molar-refractivity contribution in [3.63, 3.8) is 0 Å². The van der Waals surface area contributed by atoms with Crippen molar-refractivity contribution in [2.75, 3.05) is 0 Å². The second kappa shape index (κ2) is 3.81. The molecule has 2 atom stereocenters. The molecular formula is C10H17NO4. The number of carboxylic acid groups (broad SMARTS) is 2.